The van der Waals surface area contributed by atoms with Crippen molar-refractivity contribution >= 4 is 17.7 Å². The number of carbonyl (C=O) groups is 2. The molecular weight excluding hydrogens is 282 g/mol. The average Bonchev–Trinajstić information content (AvgIpc) is 3.05. The van der Waals surface area contributed by atoms with E-state index in [9.17, 15) is 9.59 Å². The van der Waals surface area contributed by atoms with Crippen LogP contribution in [0.15, 0.2) is 18.3 Å². The number of aliphatic carboxylic acids is 1. The molecule has 1 aliphatic heterocycles. The Morgan fingerprint density at radius 1 is 1.36 bits per heavy atom. The summed E-state index contributed by atoms with van der Waals surface area (Å²) >= 11 is 0. The molecule has 1 aliphatic rings. The normalized spacial score (nSPS) is 15.6. The number of anilines is 1. The number of rotatable bonds is 7. The number of carboxylic acids is 1. The fourth-order valence-corrected chi connectivity index (χ4v) is 2.56. The largest absolute Gasteiger partial charge is 0.480 e. The van der Waals surface area contributed by atoms with Crippen molar-refractivity contribution in [3.05, 3.63) is 23.9 Å². The summed E-state index contributed by atoms with van der Waals surface area (Å²) in [5.74, 6) is -0.512. The molecule has 0 spiro atoms. The van der Waals surface area contributed by atoms with Crippen molar-refractivity contribution in [2.45, 2.75) is 45.1 Å². The van der Waals surface area contributed by atoms with Crippen molar-refractivity contribution < 1.29 is 14.7 Å². The van der Waals surface area contributed by atoms with E-state index in [1.54, 1.807) is 6.07 Å². The molecule has 6 nitrogen and oxygen atoms in total. The predicted octanol–water partition coefficient (Wildman–Crippen LogP) is 2.05. The topological polar surface area (TPSA) is 82.5 Å². The van der Waals surface area contributed by atoms with Crippen LogP contribution in [-0.2, 0) is 4.79 Å². The molecule has 0 bridgehead atoms. The molecule has 1 fully saturated rings. The lowest BCUT2D eigenvalue weighted by Crippen LogP contribution is -2.40. The maximum Gasteiger partial charge on any atom is 0.326 e. The summed E-state index contributed by atoms with van der Waals surface area (Å²) in [4.78, 5) is 29.8. The van der Waals surface area contributed by atoms with E-state index in [1.807, 2.05) is 13.0 Å². The Hall–Kier alpha value is -2.11. The Labute approximate surface area is 130 Å². The smallest absolute Gasteiger partial charge is 0.326 e. The zero-order valence-electron chi connectivity index (χ0n) is 12.9. The van der Waals surface area contributed by atoms with Crippen LogP contribution in [-0.4, -0.2) is 41.1 Å². The Morgan fingerprint density at radius 2 is 2.09 bits per heavy atom. The van der Waals surface area contributed by atoms with E-state index >= 15 is 0 Å². The first-order chi connectivity index (χ1) is 10.6. The Morgan fingerprint density at radius 3 is 2.64 bits per heavy atom. The highest BCUT2D eigenvalue weighted by Gasteiger charge is 2.20. The third kappa shape index (κ3) is 4.19. The number of hydrogen-bond acceptors (Lipinski definition) is 4. The average molecular weight is 305 g/mol. The molecule has 0 radical (unpaired) electrons. The quantitative estimate of drug-likeness (QED) is 0.805. The highest BCUT2D eigenvalue weighted by Crippen LogP contribution is 2.17. The minimum absolute atomic E-state index is 0.385. The molecule has 1 amide bonds. The molecule has 0 aromatic carbocycles. The first-order valence-electron chi connectivity index (χ1n) is 7.86. The Balaban J connectivity index is 1.97. The van der Waals surface area contributed by atoms with Crippen LogP contribution >= 0.6 is 0 Å². The van der Waals surface area contributed by atoms with Crippen LogP contribution in [0.4, 0.5) is 5.82 Å². The fraction of sp³-hybridized carbons (Fsp3) is 0.562. The van der Waals surface area contributed by atoms with Gasteiger partial charge in [-0.25, -0.2) is 9.78 Å². The van der Waals surface area contributed by atoms with E-state index in [1.165, 1.54) is 19.0 Å². The molecular formula is C16H23N3O3. The molecule has 120 valence electrons. The van der Waals surface area contributed by atoms with Gasteiger partial charge in [0.15, 0.2) is 0 Å². The first-order valence-corrected chi connectivity index (χ1v) is 7.86. The summed E-state index contributed by atoms with van der Waals surface area (Å²) in [5.41, 5.74) is 0.394. The van der Waals surface area contributed by atoms with Crippen LogP contribution in [0.5, 0.6) is 0 Å². The van der Waals surface area contributed by atoms with Crippen LogP contribution in [0.25, 0.3) is 0 Å². The van der Waals surface area contributed by atoms with Gasteiger partial charge >= 0.3 is 5.97 Å². The number of carbonyl (C=O) groups excluding carboxylic acids is 1. The van der Waals surface area contributed by atoms with Crippen molar-refractivity contribution in [2.24, 2.45) is 0 Å². The molecule has 6 heteroatoms. The zero-order valence-corrected chi connectivity index (χ0v) is 12.9. The van der Waals surface area contributed by atoms with E-state index in [0.29, 0.717) is 12.0 Å². The van der Waals surface area contributed by atoms with E-state index in [-0.39, 0.29) is 5.91 Å². The second-order valence-electron chi connectivity index (χ2n) is 5.61. The molecule has 1 aromatic heterocycles. The van der Waals surface area contributed by atoms with Crippen LogP contribution in [0, 0.1) is 0 Å². The van der Waals surface area contributed by atoms with Crippen molar-refractivity contribution in [3.63, 3.8) is 0 Å². The molecule has 1 saturated heterocycles. The minimum atomic E-state index is -0.997. The van der Waals surface area contributed by atoms with Gasteiger partial charge in [-0.15, -0.1) is 0 Å². The molecule has 1 unspecified atom stereocenters. The summed E-state index contributed by atoms with van der Waals surface area (Å²) in [7, 11) is 0. The van der Waals surface area contributed by atoms with Gasteiger partial charge in [-0.05, 0) is 31.4 Å². The molecule has 2 heterocycles. The van der Waals surface area contributed by atoms with Gasteiger partial charge in [0.25, 0.3) is 5.91 Å². The molecule has 22 heavy (non-hydrogen) atoms. The third-order valence-corrected chi connectivity index (χ3v) is 3.89. The maximum absolute atomic E-state index is 12.1. The highest BCUT2D eigenvalue weighted by atomic mass is 16.4. The van der Waals surface area contributed by atoms with Gasteiger partial charge in [0.05, 0.1) is 5.56 Å². The molecule has 1 atom stereocenters. The van der Waals surface area contributed by atoms with Gasteiger partial charge in [-0.2, -0.15) is 0 Å². The fourth-order valence-electron chi connectivity index (χ4n) is 2.56. The summed E-state index contributed by atoms with van der Waals surface area (Å²) in [6, 6.07) is 2.68. The maximum atomic E-state index is 12.1. The number of pyridine rings is 1. The van der Waals surface area contributed by atoms with Gasteiger partial charge in [0.2, 0.25) is 0 Å². The van der Waals surface area contributed by atoms with Gasteiger partial charge in [-0.3, -0.25) is 4.79 Å². The van der Waals surface area contributed by atoms with Crippen LogP contribution < -0.4 is 10.2 Å². The van der Waals surface area contributed by atoms with Crippen molar-refractivity contribution in [2.75, 3.05) is 18.0 Å². The number of carboxylic acid groups (broad SMARTS) is 1. The number of nitrogens with zero attached hydrogens (tertiary/aromatic N) is 2. The van der Waals surface area contributed by atoms with Crippen molar-refractivity contribution in [3.8, 4) is 0 Å². The SMILES string of the molecule is CCCCC(NC(=O)c1ccc(N2CCCC2)nc1)C(=O)O. The molecule has 0 aliphatic carbocycles. The molecule has 2 N–H and O–H groups in total. The zero-order chi connectivity index (χ0) is 15.9. The lowest BCUT2D eigenvalue weighted by Gasteiger charge is -2.17. The van der Waals surface area contributed by atoms with Gasteiger partial charge in [0.1, 0.15) is 11.9 Å². The molecule has 1 aromatic rings. The van der Waals surface area contributed by atoms with Crippen LogP contribution in [0.1, 0.15) is 49.4 Å². The lowest BCUT2D eigenvalue weighted by atomic mass is 10.1. The number of hydrogen-bond donors (Lipinski definition) is 2. The monoisotopic (exact) mass is 305 g/mol. The number of aromatic nitrogens is 1. The number of amides is 1. The third-order valence-electron chi connectivity index (χ3n) is 3.89. The van der Waals surface area contributed by atoms with E-state index < -0.39 is 12.0 Å². The Kier molecular flexibility index (Phi) is 5.75. The Bertz CT molecular complexity index is 510. The van der Waals surface area contributed by atoms with Gasteiger partial charge in [-0.1, -0.05) is 19.8 Å². The van der Waals surface area contributed by atoms with Gasteiger partial charge < -0.3 is 15.3 Å². The summed E-state index contributed by atoms with van der Waals surface area (Å²) in [6.07, 6.45) is 5.96. The second-order valence-corrected chi connectivity index (χ2v) is 5.61. The minimum Gasteiger partial charge on any atom is -0.480 e. The summed E-state index contributed by atoms with van der Waals surface area (Å²) in [5, 5.41) is 11.7. The lowest BCUT2D eigenvalue weighted by molar-refractivity contribution is -0.139. The highest BCUT2D eigenvalue weighted by molar-refractivity contribution is 5.96. The molecule has 2 rings (SSSR count). The van der Waals surface area contributed by atoms with E-state index in [4.69, 9.17) is 5.11 Å². The summed E-state index contributed by atoms with van der Waals surface area (Å²) < 4.78 is 0. The van der Waals surface area contributed by atoms with E-state index in [2.05, 4.69) is 15.2 Å². The summed E-state index contributed by atoms with van der Waals surface area (Å²) in [6.45, 7) is 3.98. The van der Waals surface area contributed by atoms with Crippen LogP contribution in [0.3, 0.4) is 0 Å². The van der Waals surface area contributed by atoms with E-state index in [0.717, 1.165) is 31.7 Å². The van der Waals surface area contributed by atoms with Crippen molar-refractivity contribution in [1.29, 1.82) is 0 Å². The van der Waals surface area contributed by atoms with Crippen molar-refractivity contribution in [1.82, 2.24) is 10.3 Å². The molecule has 0 saturated carbocycles. The standard InChI is InChI=1S/C16H23N3O3/c1-2-3-6-13(16(21)22)18-15(20)12-7-8-14(17-11-12)19-9-4-5-10-19/h7-8,11,13H,2-6,9-10H2,1H3,(H,18,20)(H,21,22). The predicted molar refractivity (Wildman–Crippen MR) is 84.1 cm³/mol. The second kappa shape index (κ2) is 7.77. The number of nitrogens with one attached hydrogen (secondary N) is 1. The van der Waals surface area contributed by atoms with Gasteiger partial charge in [0, 0.05) is 19.3 Å². The number of unbranched alkanes of at least 4 members (excludes halogenated alkanes) is 1. The first kappa shape index (κ1) is 16.3. The van der Waals surface area contributed by atoms with Crippen LogP contribution in [0.2, 0.25) is 0 Å².